The molecule has 2 rings (SSSR count). The molecule has 0 aliphatic carbocycles. The Kier molecular flexibility index (Phi) is 6.80. The van der Waals surface area contributed by atoms with Gasteiger partial charge in [0.15, 0.2) is 5.78 Å². The van der Waals surface area contributed by atoms with Gasteiger partial charge in [-0.25, -0.2) is 0 Å². The monoisotopic (exact) mass is 367 g/mol. The van der Waals surface area contributed by atoms with Gasteiger partial charge in [0, 0.05) is 13.7 Å². The van der Waals surface area contributed by atoms with Crippen LogP contribution >= 0.6 is 0 Å². The Bertz CT molecular complexity index is 549. The van der Waals surface area contributed by atoms with E-state index in [1.54, 1.807) is 9.80 Å². The smallest absolute Gasteiger partial charge is 0.252 e. The predicted molar refractivity (Wildman–Crippen MR) is 98.3 cm³/mol. The fraction of sp³-hybridized carbons (Fsp3) is 0.842. The van der Waals surface area contributed by atoms with Crippen molar-refractivity contribution in [3.63, 3.8) is 0 Å². The highest BCUT2D eigenvalue weighted by atomic mass is 16.5. The SMILES string of the molecule is COC(CC(C)C)C(=O)N1CC(=O)C2C1CCN2C(=O)C(N)CC(C)C. The third-order valence-corrected chi connectivity index (χ3v) is 5.28. The van der Waals surface area contributed by atoms with Crippen LogP contribution in [-0.2, 0) is 19.1 Å². The summed E-state index contributed by atoms with van der Waals surface area (Å²) >= 11 is 0. The van der Waals surface area contributed by atoms with E-state index in [0.29, 0.717) is 37.6 Å². The molecule has 0 bridgehead atoms. The van der Waals surface area contributed by atoms with E-state index < -0.39 is 18.2 Å². The number of methoxy groups -OCH3 is 1. The van der Waals surface area contributed by atoms with Crippen molar-refractivity contribution < 1.29 is 19.1 Å². The number of hydrogen-bond acceptors (Lipinski definition) is 5. The maximum absolute atomic E-state index is 12.9. The molecule has 0 spiro atoms. The number of nitrogens with zero attached hydrogens (tertiary/aromatic N) is 2. The summed E-state index contributed by atoms with van der Waals surface area (Å²) in [5, 5.41) is 0. The molecule has 0 aromatic carbocycles. The molecule has 2 amide bonds. The summed E-state index contributed by atoms with van der Waals surface area (Å²) in [7, 11) is 1.52. The maximum atomic E-state index is 12.9. The molecule has 0 aromatic rings. The summed E-state index contributed by atoms with van der Waals surface area (Å²) < 4.78 is 5.37. The molecule has 0 radical (unpaired) electrons. The second kappa shape index (κ2) is 8.48. The first-order valence-electron chi connectivity index (χ1n) is 9.59. The number of nitrogens with two attached hydrogens (primary N) is 1. The summed E-state index contributed by atoms with van der Waals surface area (Å²) in [4.78, 5) is 41.4. The molecule has 2 fully saturated rings. The van der Waals surface area contributed by atoms with Gasteiger partial charge in [0.25, 0.3) is 5.91 Å². The maximum Gasteiger partial charge on any atom is 0.252 e. The van der Waals surface area contributed by atoms with Crippen LogP contribution in [0.4, 0.5) is 0 Å². The van der Waals surface area contributed by atoms with Gasteiger partial charge in [0.2, 0.25) is 5.91 Å². The zero-order chi connectivity index (χ0) is 19.6. The van der Waals surface area contributed by atoms with Crippen molar-refractivity contribution in [2.45, 2.75) is 71.2 Å². The molecule has 7 nitrogen and oxygen atoms in total. The van der Waals surface area contributed by atoms with E-state index >= 15 is 0 Å². The molecular formula is C19H33N3O4. The first-order chi connectivity index (χ1) is 12.2. The molecule has 2 saturated heterocycles. The van der Waals surface area contributed by atoms with E-state index in [0.717, 1.165) is 0 Å². The van der Waals surface area contributed by atoms with Crippen molar-refractivity contribution in [2.75, 3.05) is 20.2 Å². The summed E-state index contributed by atoms with van der Waals surface area (Å²) in [5.74, 6) is 0.212. The molecule has 2 N–H and O–H groups in total. The van der Waals surface area contributed by atoms with Gasteiger partial charge >= 0.3 is 0 Å². The minimum atomic E-state index is -0.598. The number of rotatable bonds is 7. The molecule has 0 saturated carbocycles. The van der Waals surface area contributed by atoms with Crippen LogP contribution in [0.25, 0.3) is 0 Å². The predicted octanol–water partition coefficient (Wildman–Crippen LogP) is 0.802. The van der Waals surface area contributed by atoms with Gasteiger partial charge in [-0.15, -0.1) is 0 Å². The minimum Gasteiger partial charge on any atom is -0.372 e. The van der Waals surface area contributed by atoms with Crippen molar-refractivity contribution in [2.24, 2.45) is 17.6 Å². The second-order valence-electron chi connectivity index (χ2n) is 8.35. The Labute approximate surface area is 156 Å². The fourth-order valence-corrected chi connectivity index (χ4v) is 4.09. The zero-order valence-electron chi connectivity index (χ0n) is 16.6. The van der Waals surface area contributed by atoms with Crippen molar-refractivity contribution in [3.05, 3.63) is 0 Å². The number of likely N-dealkylation sites (tertiary alicyclic amines) is 2. The molecule has 4 atom stereocenters. The molecule has 2 heterocycles. The summed E-state index contributed by atoms with van der Waals surface area (Å²) in [6.07, 6.45) is 1.26. The Morgan fingerprint density at radius 1 is 1.12 bits per heavy atom. The number of ether oxygens (including phenoxy) is 1. The molecule has 148 valence electrons. The van der Waals surface area contributed by atoms with Gasteiger partial charge in [-0.1, -0.05) is 27.7 Å². The van der Waals surface area contributed by atoms with Crippen LogP contribution in [0.2, 0.25) is 0 Å². The van der Waals surface area contributed by atoms with Crippen LogP contribution in [0, 0.1) is 11.8 Å². The molecule has 0 aromatic heterocycles. The first kappa shape index (κ1) is 20.8. The Balaban J connectivity index is 2.11. The molecule has 4 unspecified atom stereocenters. The third kappa shape index (κ3) is 4.26. The highest BCUT2D eigenvalue weighted by Gasteiger charge is 2.52. The van der Waals surface area contributed by atoms with Gasteiger partial charge in [-0.2, -0.15) is 0 Å². The van der Waals surface area contributed by atoms with Crippen molar-refractivity contribution >= 4 is 17.6 Å². The average molecular weight is 367 g/mol. The molecule has 7 heteroatoms. The van der Waals surface area contributed by atoms with Crippen molar-refractivity contribution in [1.82, 2.24) is 9.80 Å². The molecular weight excluding hydrogens is 334 g/mol. The highest BCUT2D eigenvalue weighted by molar-refractivity contribution is 5.98. The number of amides is 2. The van der Waals surface area contributed by atoms with Crippen LogP contribution in [0.3, 0.4) is 0 Å². The van der Waals surface area contributed by atoms with Gasteiger partial charge in [-0.3, -0.25) is 14.4 Å². The van der Waals surface area contributed by atoms with Crippen molar-refractivity contribution in [3.8, 4) is 0 Å². The number of Topliss-reactive ketones (excluding diaryl/α,β-unsaturated/α-hetero) is 1. The number of carbonyl (C=O) groups is 3. The first-order valence-corrected chi connectivity index (χ1v) is 9.59. The molecule has 2 aliphatic heterocycles. The van der Waals surface area contributed by atoms with Crippen molar-refractivity contribution in [1.29, 1.82) is 0 Å². The number of carbonyl (C=O) groups excluding carboxylic acids is 3. The van der Waals surface area contributed by atoms with Gasteiger partial charge in [0.05, 0.1) is 18.6 Å². The lowest BCUT2D eigenvalue weighted by molar-refractivity contribution is -0.144. The standard InChI is InChI=1S/C19H33N3O4/c1-11(2)8-13(20)18(24)21-7-6-14-17(21)15(23)10-22(14)19(25)16(26-5)9-12(3)4/h11-14,16-17H,6-10,20H2,1-5H3. The average Bonchev–Trinajstić information content (AvgIpc) is 3.12. The fourth-order valence-electron chi connectivity index (χ4n) is 4.09. The molecule has 26 heavy (non-hydrogen) atoms. The molecule has 2 aliphatic rings. The topological polar surface area (TPSA) is 92.9 Å². The van der Waals surface area contributed by atoms with Crippen LogP contribution in [0.1, 0.15) is 47.0 Å². The minimum absolute atomic E-state index is 0.0509. The quantitative estimate of drug-likeness (QED) is 0.718. The van der Waals surface area contributed by atoms with E-state index in [2.05, 4.69) is 0 Å². The number of fused-ring (bicyclic) bond motifs is 1. The van der Waals surface area contributed by atoms with E-state index in [4.69, 9.17) is 10.5 Å². The van der Waals surface area contributed by atoms with Crippen LogP contribution < -0.4 is 5.73 Å². The normalized spacial score (nSPS) is 25.2. The Hall–Kier alpha value is -1.47. The summed E-state index contributed by atoms with van der Waals surface area (Å²) in [6.45, 7) is 8.61. The number of ketones is 1. The van der Waals surface area contributed by atoms with E-state index in [1.807, 2.05) is 27.7 Å². The largest absolute Gasteiger partial charge is 0.372 e. The van der Waals surface area contributed by atoms with E-state index in [1.165, 1.54) is 7.11 Å². The number of hydrogen-bond donors (Lipinski definition) is 1. The van der Waals surface area contributed by atoms with Gasteiger partial charge in [-0.05, 0) is 31.1 Å². The Morgan fingerprint density at radius 3 is 2.27 bits per heavy atom. The zero-order valence-corrected chi connectivity index (χ0v) is 16.6. The lowest BCUT2D eigenvalue weighted by atomic mass is 10.0. The Morgan fingerprint density at radius 2 is 1.73 bits per heavy atom. The third-order valence-electron chi connectivity index (χ3n) is 5.28. The van der Waals surface area contributed by atoms with E-state index in [-0.39, 0.29) is 30.2 Å². The summed E-state index contributed by atoms with van der Waals surface area (Å²) in [5.41, 5.74) is 6.04. The second-order valence-corrected chi connectivity index (χ2v) is 8.35. The van der Waals surface area contributed by atoms with Crippen LogP contribution in [0.15, 0.2) is 0 Å². The van der Waals surface area contributed by atoms with Gasteiger partial charge < -0.3 is 20.3 Å². The summed E-state index contributed by atoms with van der Waals surface area (Å²) in [6, 6.07) is -1.41. The van der Waals surface area contributed by atoms with E-state index in [9.17, 15) is 14.4 Å². The van der Waals surface area contributed by atoms with Crippen LogP contribution in [-0.4, -0.2) is 71.8 Å². The van der Waals surface area contributed by atoms with Gasteiger partial charge in [0.1, 0.15) is 12.1 Å². The lowest BCUT2D eigenvalue weighted by Crippen LogP contribution is -2.50. The van der Waals surface area contributed by atoms with Crippen LogP contribution in [0.5, 0.6) is 0 Å². The lowest BCUT2D eigenvalue weighted by Gasteiger charge is -2.28. The highest BCUT2D eigenvalue weighted by Crippen LogP contribution is 2.31.